The minimum Gasteiger partial charge on any atom is -0.480 e. The minimum absolute atomic E-state index is 0.369. The Kier molecular flexibility index (Phi) is 10.2. The number of anilines is 1. The second kappa shape index (κ2) is 13.6. The average Bonchev–Trinajstić information content (AvgIpc) is 3.33. The molecule has 0 radical (unpaired) electrons. The summed E-state index contributed by atoms with van der Waals surface area (Å²) >= 11 is 1.55. The van der Waals surface area contributed by atoms with Crippen LogP contribution in [0, 0.1) is 0 Å². The predicted molar refractivity (Wildman–Crippen MR) is 143 cm³/mol. The lowest BCUT2D eigenvalue weighted by Crippen LogP contribution is -2.41. The van der Waals surface area contributed by atoms with Crippen molar-refractivity contribution in [2.45, 2.75) is 51.7 Å². The topological polar surface area (TPSA) is 96.3 Å². The van der Waals surface area contributed by atoms with E-state index >= 15 is 0 Å². The molecule has 0 saturated heterocycles. The molecule has 35 heavy (non-hydrogen) atoms. The Labute approximate surface area is 211 Å². The van der Waals surface area contributed by atoms with Gasteiger partial charge in [0, 0.05) is 24.0 Å². The number of hydrogen-bond acceptors (Lipinski definition) is 5. The second-order valence-electron chi connectivity index (χ2n) is 8.44. The normalized spacial score (nSPS) is 11.7. The Hall–Kier alpha value is -3.26. The number of hydrogen-bond donors (Lipinski definition) is 3. The molecule has 0 fully saturated rings. The molecule has 0 unspecified atom stereocenters. The van der Waals surface area contributed by atoms with Crippen LogP contribution in [0.15, 0.2) is 61.1 Å². The fraction of sp³-hybridized carbons (Fsp3) is 0.370. The summed E-state index contributed by atoms with van der Waals surface area (Å²) in [5.74, 6) is -0.768. The van der Waals surface area contributed by atoms with Crippen LogP contribution in [-0.4, -0.2) is 44.6 Å². The molecule has 1 aromatic heterocycles. The first kappa shape index (κ1) is 26.3. The van der Waals surface area contributed by atoms with E-state index in [1.165, 1.54) is 12.8 Å². The fourth-order valence-electron chi connectivity index (χ4n) is 3.79. The number of thioether (sulfide) groups is 1. The van der Waals surface area contributed by atoms with Gasteiger partial charge < -0.3 is 20.3 Å². The van der Waals surface area contributed by atoms with Gasteiger partial charge in [-0.25, -0.2) is 9.78 Å². The van der Waals surface area contributed by atoms with Crippen molar-refractivity contribution in [3.8, 4) is 11.1 Å². The number of rotatable bonds is 14. The van der Waals surface area contributed by atoms with Gasteiger partial charge in [0.05, 0.1) is 18.6 Å². The van der Waals surface area contributed by atoms with Crippen LogP contribution in [0.2, 0.25) is 0 Å². The number of nitrogens with zero attached hydrogens (tertiary/aromatic N) is 2. The van der Waals surface area contributed by atoms with Crippen molar-refractivity contribution < 1.29 is 14.7 Å². The van der Waals surface area contributed by atoms with E-state index in [-0.39, 0.29) is 0 Å². The summed E-state index contributed by atoms with van der Waals surface area (Å²) in [7, 11) is 0. The Morgan fingerprint density at radius 1 is 1.14 bits per heavy atom. The molecule has 2 aromatic carbocycles. The van der Waals surface area contributed by atoms with Crippen LogP contribution in [0.4, 0.5) is 5.69 Å². The molecule has 8 heteroatoms. The number of amides is 1. The highest BCUT2D eigenvalue weighted by atomic mass is 32.2. The van der Waals surface area contributed by atoms with E-state index in [0.29, 0.717) is 24.3 Å². The number of carboxylic acid groups (broad SMARTS) is 1. The maximum atomic E-state index is 13.1. The number of carbonyl (C=O) groups is 2. The second-order valence-corrected chi connectivity index (χ2v) is 9.42. The van der Waals surface area contributed by atoms with E-state index in [4.69, 9.17) is 0 Å². The standard InChI is InChI=1S/C27H34N4O3S/c1-3-4-8-14-31-18-22(29-19-31)17-28-21-11-12-23(24(16-21)20-9-6-5-7-10-20)26(32)30-25(27(33)34)13-15-35-2/h5-7,9-12,16,18-19,25,28H,3-4,8,13-15,17H2,1-2H3,(H,30,32)(H,33,34)/t25-/m0/s1. The van der Waals surface area contributed by atoms with E-state index < -0.39 is 17.9 Å². The Balaban J connectivity index is 1.77. The maximum absolute atomic E-state index is 13.1. The average molecular weight is 495 g/mol. The third-order valence-corrected chi connectivity index (χ3v) is 6.39. The van der Waals surface area contributed by atoms with Gasteiger partial charge in [-0.05, 0) is 54.2 Å². The number of imidazole rings is 1. The number of benzene rings is 2. The zero-order chi connectivity index (χ0) is 25.0. The molecule has 7 nitrogen and oxygen atoms in total. The van der Waals surface area contributed by atoms with E-state index in [1.807, 2.05) is 55.0 Å². The predicted octanol–water partition coefficient (Wildman–Crippen LogP) is 5.29. The Bertz CT molecular complexity index is 1100. The van der Waals surface area contributed by atoms with Crippen molar-refractivity contribution in [2.24, 2.45) is 0 Å². The van der Waals surface area contributed by atoms with Crippen molar-refractivity contribution in [2.75, 3.05) is 17.3 Å². The van der Waals surface area contributed by atoms with E-state index in [1.54, 1.807) is 17.8 Å². The summed E-state index contributed by atoms with van der Waals surface area (Å²) in [5, 5.41) is 15.6. The lowest BCUT2D eigenvalue weighted by molar-refractivity contribution is -0.139. The molecule has 3 N–H and O–H groups in total. The minimum atomic E-state index is -1.03. The Morgan fingerprint density at radius 3 is 2.66 bits per heavy atom. The highest BCUT2D eigenvalue weighted by Crippen LogP contribution is 2.27. The van der Waals surface area contributed by atoms with Crippen LogP contribution in [-0.2, 0) is 17.9 Å². The third-order valence-electron chi connectivity index (χ3n) is 5.74. The van der Waals surface area contributed by atoms with Crippen LogP contribution >= 0.6 is 11.8 Å². The lowest BCUT2D eigenvalue weighted by Gasteiger charge is -2.17. The highest BCUT2D eigenvalue weighted by Gasteiger charge is 2.22. The molecule has 0 bridgehead atoms. The first-order valence-electron chi connectivity index (χ1n) is 12.0. The van der Waals surface area contributed by atoms with Gasteiger partial charge in [0.15, 0.2) is 0 Å². The molecule has 1 heterocycles. The van der Waals surface area contributed by atoms with Gasteiger partial charge in [-0.1, -0.05) is 50.1 Å². The summed E-state index contributed by atoms with van der Waals surface area (Å²) in [5.41, 5.74) is 3.88. The monoisotopic (exact) mass is 494 g/mol. The van der Waals surface area contributed by atoms with Crippen LogP contribution in [0.1, 0.15) is 48.7 Å². The van der Waals surface area contributed by atoms with Gasteiger partial charge in [-0.3, -0.25) is 4.79 Å². The molecular weight excluding hydrogens is 460 g/mol. The quantitative estimate of drug-likeness (QED) is 0.264. The van der Waals surface area contributed by atoms with Crippen molar-refractivity contribution in [1.29, 1.82) is 0 Å². The van der Waals surface area contributed by atoms with Gasteiger partial charge in [0.1, 0.15) is 6.04 Å². The molecule has 0 aliphatic carbocycles. The maximum Gasteiger partial charge on any atom is 0.326 e. The Morgan fingerprint density at radius 2 is 1.94 bits per heavy atom. The van der Waals surface area contributed by atoms with Crippen molar-refractivity contribution in [3.63, 3.8) is 0 Å². The summed E-state index contributed by atoms with van der Waals surface area (Å²) in [6.45, 7) is 3.73. The summed E-state index contributed by atoms with van der Waals surface area (Å²) < 4.78 is 2.12. The summed E-state index contributed by atoms with van der Waals surface area (Å²) in [6, 6.07) is 14.2. The van der Waals surface area contributed by atoms with Crippen molar-refractivity contribution >= 4 is 29.3 Å². The SMILES string of the molecule is CCCCCn1cnc(CNc2ccc(C(=O)N[C@@H](CCSC)C(=O)O)c(-c3ccccc3)c2)c1. The number of carboxylic acids is 1. The fourth-order valence-corrected chi connectivity index (χ4v) is 4.27. The van der Waals surface area contributed by atoms with Gasteiger partial charge in [0.2, 0.25) is 0 Å². The van der Waals surface area contributed by atoms with Crippen LogP contribution in [0.5, 0.6) is 0 Å². The zero-order valence-electron chi connectivity index (χ0n) is 20.4. The number of unbranched alkanes of at least 4 members (excludes halogenated alkanes) is 2. The first-order chi connectivity index (χ1) is 17.0. The van der Waals surface area contributed by atoms with E-state index in [2.05, 4.69) is 33.3 Å². The van der Waals surface area contributed by atoms with Gasteiger partial charge in [-0.2, -0.15) is 11.8 Å². The molecule has 186 valence electrons. The molecule has 0 saturated carbocycles. The molecule has 1 amide bonds. The summed E-state index contributed by atoms with van der Waals surface area (Å²) in [4.78, 5) is 29.2. The number of carbonyl (C=O) groups excluding carboxylic acids is 1. The largest absolute Gasteiger partial charge is 0.480 e. The van der Waals surface area contributed by atoms with E-state index in [9.17, 15) is 14.7 Å². The van der Waals surface area contributed by atoms with Gasteiger partial charge in [-0.15, -0.1) is 0 Å². The molecule has 0 aliphatic rings. The van der Waals surface area contributed by atoms with Crippen LogP contribution in [0.3, 0.4) is 0 Å². The number of nitrogens with one attached hydrogen (secondary N) is 2. The number of aromatic nitrogens is 2. The zero-order valence-corrected chi connectivity index (χ0v) is 21.2. The van der Waals surface area contributed by atoms with Crippen LogP contribution < -0.4 is 10.6 Å². The van der Waals surface area contributed by atoms with E-state index in [0.717, 1.165) is 35.5 Å². The van der Waals surface area contributed by atoms with Gasteiger partial charge >= 0.3 is 5.97 Å². The first-order valence-corrected chi connectivity index (χ1v) is 13.4. The summed E-state index contributed by atoms with van der Waals surface area (Å²) in [6.07, 6.45) is 9.75. The smallest absolute Gasteiger partial charge is 0.326 e. The molecule has 0 spiro atoms. The highest BCUT2D eigenvalue weighted by molar-refractivity contribution is 7.98. The molecular formula is C27H34N4O3S. The molecule has 3 rings (SSSR count). The third kappa shape index (κ3) is 7.89. The van der Waals surface area contributed by atoms with Gasteiger partial charge in [0.25, 0.3) is 5.91 Å². The molecule has 0 aliphatic heterocycles. The lowest BCUT2D eigenvalue weighted by atomic mass is 9.98. The van der Waals surface area contributed by atoms with Crippen LogP contribution in [0.25, 0.3) is 11.1 Å². The van der Waals surface area contributed by atoms with Crippen molar-refractivity contribution in [1.82, 2.24) is 14.9 Å². The van der Waals surface area contributed by atoms with Crippen molar-refractivity contribution in [3.05, 3.63) is 72.3 Å². The molecule has 3 aromatic rings. The number of aryl methyl sites for hydroxylation is 1. The molecule has 1 atom stereocenters. The number of aliphatic carboxylic acids is 1.